The Balaban J connectivity index is 1.49. The molecule has 5 rings (SSSR count). The van der Waals surface area contributed by atoms with Crippen molar-refractivity contribution in [2.75, 3.05) is 0 Å². The summed E-state index contributed by atoms with van der Waals surface area (Å²) in [6.45, 7) is 3.37. The third-order valence-corrected chi connectivity index (χ3v) is 6.50. The minimum absolute atomic E-state index is 0.0345. The van der Waals surface area contributed by atoms with Crippen molar-refractivity contribution in [2.24, 2.45) is 0 Å². The van der Waals surface area contributed by atoms with Gasteiger partial charge in [0.25, 0.3) is 0 Å². The molecule has 2 aromatic heterocycles. The van der Waals surface area contributed by atoms with Gasteiger partial charge < -0.3 is 9.88 Å². The zero-order valence-electron chi connectivity index (χ0n) is 19.9. The van der Waals surface area contributed by atoms with Crippen LogP contribution in [0.2, 0.25) is 0 Å². The van der Waals surface area contributed by atoms with E-state index in [-0.39, 0.29) is 11.8 Å². The van der Waals surface area contributed by atoms with E-state index in [1.54, 1.807) is 12.4 Å². The van der Waals surface area contributed by atoms with Gasteiger partial charge in [-0.1, -0.05) is 78.4 Å². The summed E-state index contributed by atoms with van der Waals surface area (Å²) in [5.41, 5.74) is 7.01. The van der Waals surface area contributed by atoms with Gasteiger partial charge in [-0.3, -0.25) is 9.78 Å². The highest BCUT2D eigenvalue weighted by molar-refractivity contribution is 5.86. The van der Waals surface area contributed by atoms with E-state index >= 15 is 0 Å². The van der Waals surface area contributed by atoms with Crippen molar-refractivity contribution in [3.63, 3.8) is 0 Å². The number of fused-ring (bicyclic) bond motifs is 1. The molecule has 4 nitrogen and oxygen atoms in total. The molecule has 1 N–H and O–H groups in total. The fourth-order valence-corrected chi connectivity index (χ4v) is 4.63. The molecule has 0 saturated carbocycles. The molecule has 1 amide bonds. The van der Waals surface area contributed by atoms with Crippen LogP contribution in [0, 0.1) is 6.92 Å². The maximum absolute atomic E-state index is 13.1. The molecule has 0 saturated heterocycles. The highest BCUT2D eigenvalue weighted by atomic mass is 16.1. The van der Waals surface area contributed by atoms with Crippen molar-refractivity contribution in [3.8, 4) is 0 Å². The number of aryl methyl sites for hydroxylation is 1. The molecule has 3 aromatic carbocycles. The van der Waals surface area contributed by atoms with E-state index in [1.165, 1.54) is 27.6 Å². The smallest absolute Gasteiger partial charge is 0.221 e. The van der Waals surface area contributed by atoms with Crippen LogP contribution in [0.15, 0.2) is 110 Å². The van der Waals surface area contributed by atoms with Crippen LogP contribution in [-0.2, 0) is 17.9 Å². The number of hydrogen-bond donors (Lipinski definition) is 1. The van der Waals surface area contributed by atoms with Crippen LogP contribution in [0.5, 0.6) is 0 Å². The van der Waals surface area contributed by atoms with Gasteiger partial charge in [-0.2, -0.15) is 0 Å². The fourth-order valence-electron chi connectivity index (χ4n) is 4.63. The Hall–Kier alpha value is -4.18. The highest BCUT2D eigenvalue weighted by Gasteiger charge is 2.23. The van der Waals surface area contributed by atoms with Crippen LogP contribution in [-0.4, -0.2) is 15.5 Å². The van der Waals surface area contributed by atoms with E-state index < -0.39 is 0 Å². The standard InChI is InChI=1S/C31H29N3O/c1-23-11-13-26(14-12-23)28(19-31(35)33-20-24-15-17-32-18-16-24)29-22-34(21-25-7-3-2-4-8-25)30-10-6-5-9-27(29)30/h2-18,22,28H,19-21H2,1H3,(H,33,35)/t28-/m1/s1. The summed E-state index contributed by atoms with van der Waals surface area (Å²) in [6.07, 6.45) is 6.11. The van der Waals surface area contributed by atoms with E-state index in [1.807, 2.05) is 18.2 Å². The Morgan fingerprint density at radius 1 is 0.857 bits per heavy atom. The van der Waals surface area contributed by atoms with Crippen molar-refractivity contribution in [3.05, 3.63) is 137 Å². The van der Waals surface area contributed by atoms with Crippen molar-refractivity contribution >= 4 is 16.8 Å². The van der Waals surface area contributed by atoms with Crippen molar-refractivity contribution in [1.82, 2.24) is 14.9 Å². The van der Waals surface area contributed by atoms with Gasteiger partial charge in [0, 0.05) is 54.9 Å². The van der Waals surface area contributed by atoms with E-state index in [2.05, 4.69) is 101 Å². The first kappa shape index (κ1) is 22.6. The molecule has 0 aliphatic carbocycles. The lowest BCUT2D eigenvalue weighted by atomic mass is 9.87. The van der Waals surface area contributed by atoms with Gasteiger partial charge in [0.05, 0.1) is 0 Å². The Bertz CT molecular complexity index is 1410. The van der Waals surface area contributed by atoms with Crippen LogP contribution >= 0.6 is 0 Å². The van der Waals surface area contributed by atoms with E-state index in [0.717, 1.165) is 17.7 Å². The van der Waals surface area contributed by atoms with Gasteiger partial charge in [0.1, 0.15) is 0 Å². The molecule has 0 bridgehead atoms. The van der Waals surface area contributed by atoms with E-state index in [9.17, 15) is 4.79 Å². The summed E-state index contributed by atoms with van der Waals surface area (Å²) in [7, 11) is 0. The summed E-state index contributed by atoms with van der Waals surface area (Å²) in [5, 5.41) is 4.29. The normalized spacial score (nSPS) is 11.9. The minimum atomic E-state index is -0.0463. The predicted octanol–water partition coefficient (Wildman–Crippen LogP) is 6.23. The molecule has 0 radical (unpaired) electrons. The number of rotatable bonds is 8. The number of hydrogen-bond acceptors (Lipinski definition) is 2. The SMILES string of the molecule is Cc1ccc([C@@H](CC(=O)NCc2ccncc2)c2cn(Cc3ccccc3)c3ccccc23)cc1. The van der Waals surface area contributed by atoms with Crippen molar-refractivity contribution < 1.29 is 4.79 Å². The first-order valence-corrected chi connectivity index (χ1v) is 12.0. The molecular weight excluding hydrogens is 430 g/mol. The molecule has 0 fully saturated rings. The van der Waals surface area contributed by atoms with Crippen molar-refractivity contribution in [1.29, 1.82) is 0 Å². The van der Waals surface area contributed by atoms with Crippen molar-refractivity contribution in [2.45, 2.75) is 32.4 Å². The zero-order valence-corrected chi connectivity index (χ0v) is 19.9. The van der Waals surface area contributed by atoms with Crippen LogP contribution in [0.4, 0.5) is 0 Å². The molecule has 5 aromatic rings. The van der Waals surface area contributed by atoms with E-state index in [4.69, 9.17) is 0 Å². The summed E-state index contributed by atoms with van der Waals surface area (Å²) in [4.78, 5) is 17.2. The Morgan fingerprint density at radius 3 is 2.34 bits per heavy atom. The number of para-hydroxylation sites is 1. The number of carbonyl (C=O) groups excluding carboxylic acids is 1. The second-order valence-electron chi connectivity index (χ2n) is 9.01. The van der Waals surface area contributed by atoms with Crippen LogP contribution in [0.25, 0.3) is 10.9 Å². The van der Waals surface area contributed by atoms with Crippen LogP contribution in [0.1, 0.15) is 40.2 Å². The number of nitrogens with one attached hydrogen (secondary N) is 1. The average molecular weight is 460 g/mol. The topological polar surface area (TPSA) is 46.9 Å². The molecule has 35 heavy (non-hydrogen) atoms. The Kier molecular flexibility index (Phi) is 6.71. The lowest BCUT2D eigenvalue weighted by Crippen LogP contribution is -2.25. The van der Waals surface area contributed by atoms with Gasteiger partial charge in [0.15, 0.2) is 0 Å². The highest BCUT2D eigenvalue weighted by Crippen LogP contribution is 2.35. The average Bonchev–Trinajstić information content (AvgIpc) is 3.26. The molecule has 2 heterocycles. The van der Waals surface area contributed by atoms with Gasteiger partial charge in [0.2, 0.25) is 5.91 Å². The Morgan fingerprint density at radius 2 is 1.57 bits per heavy atom. The molecule has 0 unspecified atom stereocenters. The molecule has 1 atom stereocenters. The molecule has 0 spiro atoms. The number of carbonyl (C=O) groups is 1. The Labute approximate surface area is 206 Å². The quantitative estimate of drug-likeness (QED) is 0.299. The summed E-state index contributed by atoms with van der Waals surface area (Å²) < 4.78 is 2.30. The second-order valence-corrected chi connectivity index (χ2v) is 9.01. The van der Waals surface area contributed by atoms with Gasteiger partial charge >= 0.3 is 0 Å². The van der Waals surface area contributed by atoms with E-state index in [0.29, 0.717) is 13.0 Å². The minimum Gasteiger partial charge on any atom is -0.352 e. The molecule has 0 aliphatic rings. The molecular formula is C31H29N3O. The maximum Gasteiger partial charge on any atom is 0.221 e. The first-order chi connectivity index (χ1) is 17.2. The number of amides is 1. The predicted molar refractivity (Wildman–Crippen MR) is 141 cm³/mol. The monoisotopic (exact) mass is 459 g/mol. The zero-order chi connectivity index (χ0) is 24.0. The fraction of sp³-hybridized carbons (Fsp3) is 0.161. The van der Waals surface area contributed by atoms with Gasteiger partial charge in [-0.25, -0.2) is 0 Å². The molecule has 0 aliphatic heterocycles. The lowest BCUT2D eigenvalue weighted by Gasteiger charge is -2.18. The maximum atomic E-state index is 13.1. The largest absolute Gasteiger partial charge is 0.352 e. The second kappa shape index (κ2) is 10.4. The van der Waals surface area contributed by atoms with Crippen LogP contribution < -0.4 is 5.32 Å². The molecule has 174 valence electrons. The summed E-state index contributed by atoms with van der Waals surface area (Å²) in [5.74, 6) is -0.0118. The van der Waals surface area contributed by atoms with Gasteiger partial charge in [-0.05, 0) is 47.4 Å². The first-order valence-electron chi connectivity index (χ1n) is 12.0. The third kappa shape index (κ3) is 5.33. The summed E-state index contributed by atoms with van der Waals surface area (Å²) >= 11 is 0. The summed E-state index contributed by atoms with van der Waals surface area (Å²) in [6, 6.07) is 31.4. The van der Waals surface area contributed by atoms with Gasteiger partial charge in [-0.15, -0.1) is 0 Å². The number of aromatic nitrogens is 2. The van der Waals surface area contributed by atoms with Crippen LogP contribution in [0.3, 0.4) is 0 Å². The molecule has 4 heteroatoms. The lowest BCUT2D eigenvalue weighted by molar-refractivity contribution is -0.121. The number of benzene rings is 3. The third-order valence-electron chi connectivity index (χ3n) is 6.50. The number of pyridine rings is 1. The number of nitrogens with zero attached hydrogens (tertiary/aromatic N) is 2.